The van der Waals surface area contributed by atoms with Crippen molar-refractivity contribution >= 4 is 16.9 Å². The average molecular weight is 377 g/mol. The molecule has 0 aliphatic carbocycles. The van der Waals surface area contributed by atoms with E-state index in [4.69, 9.17) is 4.52 Å². The van der Waals surface area contributed by atoms with Gasteiger partial charge in [-0.05, 0) is 51.9 Å². The van der Waals surface area contributed by atoms with Crippen molar-refractivity contribution in [3.8, 4) is 0 Å². The van der Waals surface area contributed by atoms with Gasteiger partial charge >= 0.3 is 0 Å². The van der Waals surface area contributed by atoms with Gasteiger partial charge in [0.05, 0.1) is 18.2 Å². The molecule has 1 aromatic carbocycles. The Bertz CT molecular complexity index is 769. The fraction of sp³-hybridized carbons (Fsp3) is 0.600. The third-order valence-corrected chi connectivity index (χ3v) is 5.33. The van der Waals surface area contributed by atoms with Crippen molar-refractivity contribution in [1.82, 2.24) is 15.0 Å². The maximum Gasteiger partial charge on any atom is 0.225 e. The molecule has 0 bridgehead atoms. The normalized spacial score (nSPS) is 17.3. The lowest BCUT2D eigenvalue weighted by Crippen LogP contribution is -2.42. The summed E-state index contributed by atoms with van der Waals surface area (Å²) in [5.41, 5.74) is 1.43. The number of aromatic nitrogens is 1. The highest BCUT2D eigenvalue weighted by molar-refractivity contribution is 5.80. The lowest BCUT2D eigenvalue weighted by Gasteiger charge is -2.33. The van der Waals surface area contributed by atoms with E-state index in [1.807, 2.05) is 6.92 Å². The topological polar surface area (TPSA) is 69.8 Å². The molecule has 2 heterocycles. The molecule has 1 atom stereocenters. The third kappa shape index (κ3) is 4.84. The van der Waals surface area contributed by atoms with Gasteiger partial charge in [0, 0.05) is 37.0 Å². The van der Waals surface area contributed by atoms with Crippen LogP contribution in [0.25, 0.3) is 11.0 Å². The number of fused-ring (bicyclic) bond motifs is 1. The molecule has 1 amide bonds. The number of carbonyl (C=O) groups excluding carboxylic acids is 1. The van der Waals surface area contributed by atoms with Crippen LogP contribution in [0.15, 0.2) is 22.7 Å². The summed E-state index contributed by atoms with van der Waals surface area (Å²) in [6.45, 7) is 7.63. The van der Waals surface area contributed by atoms with Crippen LogP contribution in [0, 0.1) is 5.82 Å². The Balaban J connectivity index is 1.52. The van der Waals surface area contributed by atoms with Gasteiger partial charge in [-0.2, -0.15) is 0 Å². The largest absolute Gasteiger partial charge is 0.393 e. The highest BCUT2D eigenvalue weighted by Gasteiger charge is 2.25. The summed E-state index contributed by atoms with van der Waals surface area (Å²) >= 11 is 0. The summed E-state index contributed by atoms with van der Waals surface area (Å²) in [5, 5.41) is 14.5. The molecule has 1 unspecified atom stereocenters. The van der Waals surface area contributed by atoms with Crippen LogP contribution in [0.1, 0.15) is 44.7 Å². The summed E-state index contributed by atoms with van der Waals surface area (Å²) in [6.07, 6.45) is 1.50. The maximum absolute atomic E-state index is 13.3. The Morgan fingerprint density at radius 3 is 2.85 bits per heavy atom. The van der Waals surface area contributed by atoms with Gasteiger partial charge in [0.25, 0.3) is 0 Å². The number of aliphatic hydroxyl groups excluding tert-OH is 1. The number of rotatable bonds is 7. The average Bonchev–Trinajstić information content (AvgIpc) is 3.05. The van der Waals surface area contributed by atoms with E-state index in [1.165, 1.54) is 12.1 Å². The van der Waals surface area contributed by atoms with E-state index in [9.17, 15) is 14.3 Å². The van der Waals surface area contributed by atoms with E-state index in [2.05, 4.69) is 10.1 Å². The molecule has 2 aromatic rings. The molecule has 1 aromatic heterocycles. The maximum atomic E-state index is 13.3. The number of aliphatic hydroxyl groups is 1. The van der Waals surface area contributed by atoms with E-state index in [0.29, 0.717) is 24.6 Å². The van der Waals surface area contributed by atoms with Gasteiger partial charge in [-0.15, -0.1) is 0 Å². The minimum atomic E-state index is -0.604. The molecule has 6 nitrogen and oxygen atoms in total. The predicted molar refractivity (Wildman–Crippen MR) is 101 cm³/mol. The van der Waals surface area contributed by atoms with Crippen LogP contribution in [0.2, 0.25) is 0 Å². The summed E-state index contributed by atoms with van der Waals surface area (Å²) < 4.78 is 18.6. The summed E-state index contributed by atoms with van der Waals surface area (Å²) in [6, 6.07) is 4.57. The third-order valence-electron chi connectivity index (χ3n) is 5.33. The molecule has 27 heavy (non-hydrogen) atoms. The van der Waals surface area contributed by atoms with Gasteiger partial charge in [0.15, 0.2) is 5.58 Å². The lowest BCUT2D eigenvalue weighted by molar-refractivity contribution is -0.133. The van der Waals surface area contributed by atoms with Gasteiger partial charge in [-0.1, -0.05) is 5.16 Å². The van der Waals surface area contributed by atoms with E-state index in [1.54, 1.807) is 17.9 Å². The Hall–Kier alpha value is -1.99. The van der Waals surface area contributed by atoms with Crippen molar-refractivity contribution < 1.29 is 18.8 Å². The molecular formula is C20H28FN3O3. The van der Waals surface area contributed by atoms with Crippen molar-refractivity contribution in [3.63, 3.8) is 0 Å². The summed E-state index contributed by atoms with van der Waals surface area (Å²) in [7, 11) is 0. The van der Waals surface area contributed by atoms with E-state index in [0.717, 1.165) is 43.6 Å². The zero-order chi connectivity index (χ0) is 19.4. The highest BCUT2D eigenvalue weighted by atomic mass is 19.1. The number of piperidine rings is 1. The van der Waals surface area contributed by atoms with Crippen LogP contribution in [0.3, 0.4) is 0 Å². The Morgan fingerprint density at radius 2 is 2.19 bits per heavy atom. The van der Waals surface area contributed by atoms with Gasteiger partial charge < -0.3 is 19.4 Å². The zero-order valence-electron chi connectivity index (χ0n) is 16.0. The fourth-order valence-corrected chi connectivity index (χ4v) is 3.76. The Morgan fingerprint density at radius 1 is 1.44 bits per heavy atom. The number of hydrogen-bond donors (Lipinski definition) is 1. The molecule has 1 saturated heterocycles. The van der Waals surface area contributed by atoms with E-state index in [-0.39, 0.29) is 18.1 Å². The standard InChI is InChI=1S/C20H28FN3O3/c1-3-24(19(26)12-14(2)25)11-10-23-8-6-15(7-9-23)20-17-5-4-16(21)13-18(17)27-22-20/h4-5,13-15,25H,3,6-12H2,1-2H3. The molecule has 1 fully saturated rings. The van der Waals surface area contributed by atoms with Crippen LogP contribution < -0.4 is 0 Å². The molecule has 0 saturated carbocycles. The van der Waals surface area contributed by atoms with Crippen molar-refractivity contribution in [2.24, 2.45) is 0 Å². The first-order valence-corrected chi connectivity index (χ1v) is 9.71. The van der Waals surface area contributed by atoms with Gasteiger partial charge in [0.1, 0.15) is 5.82 Å². The first-order chi connectivity index (χ1) is 13.0. The Labute approximate surface area is 158 Å². The van der Waals surface area contributed by atoms with Crippen molar-refractivity contribution in [1.29, 1.82) is 0 Å². The second-order valence-corrected chi connectivity index (χ2v) is 7.35. The van der Waals surface area contributed by atoms with Crippen molar-refractivity contribution in [2.45, 2.75) is 45.1 Å². The monoisotopic (exact) mass is 377 g/mol. The minimum Gasteiger partial charge on any atom is -0.393 e. The fourth-order valence-electron chi connectivity index (χ4n) is 3.76. The van der Waals surface area contributed by atoms with Crippen molar-refractivity contribution in [2.75, 3.05) is 32.7 Å². The number of amides is 1. The lowest BCUT2D eigenvalue weighted by atomic mass is 9.91. The molecule has 0 radical (unpaired) electrons. The van der Waals surface area contributed by atoms with Gasteiger partial charge in [-0.3, -0.25) is 4.79 Å². The van der Waals surface area contributed by atoms with Crippen LogP contribution in [-0.2, 0) is 4.79 Å². The zero-order valence-corrected chi connectivity index (χ0v) is 16.0. The highest BCUT2D eigenvalue weighted by Crippen LogP contribution is 2.32. The van der Waals surface area contributed by atoms with Gasteiger partial charge in [0.2, 0.25) is 5.91 Å². The number of likely N-dealkylation sites (N-methyl/N-ethyl adjacent to an activating group) is 1. The summed E-state index contributed by atoms with van der Waals surface area (Å²) in [4.78, 5) is 16.3. The number of benzene rings is 1. The van der Waals surface area contributed by atoms with E-state index < -0.39 is 6.10 Å². The Kier molecular flexibility index (Phi) is 6.44. The van der Waals surface area contributed by atoms with Gasteiger partial charge in [-0.25, -0.2) is 4.39 Å². The smallest absolute Gasteiger partial charge is 0.225 e. The molecule has 7 heteroatoms. The van der Waals surface area contributed by atoms with Crippen LogP contribution >= 0.6 is 0 Å². The minimum absolute atomic E-state index is 0.00341. The second kappa shape index (κ2) is 8.80. The number of nitrogens with zero attached hydrogens (tertiary/aromatic N) is 3. The second-order valence-electron chi connectivity index (χ2n) is 7.35. The molecule has 0 spiro atoms. The predicted octanol–water partition coefficient (Wildman–Crippen LogP) is 2.77. The number of likely N-dealkylation sites (tertiary alicyclic amines) is 1. The first kappa shape index (κ1) is 19.8. The molecule has 1 aliphatic heterocycles. The molecule has 1 N–H and O–H groups in total. The summed E-state index contributed by atoms with van der Waals surface area (Å²) in [5.74, 6) is 0.00133. The van der Waals surface area contributed by atoms with Crippen LogP contribution in [-0.4, -0.2) is 64.8 Å². The quantitative estimate of drug-likeness (QED) is 0.803. The van der Waals surface area contributed by atoms with Crippen LogP contribution in [0.4, 0.5) is 4.39 Å². The molecule has 3 rings (SSSR count). The number of halogens is 1. The molecular weight excluding hydrogens is 349 g/mol. The number of carbonyl (C=O) groups is 1. The van der Waals surface area contributed by atoms with E-state index >= 15 is 0 Å². The number of hydrogen-bond acceptors (Lipinski definition) is 5. The first-order valence-electron chi connectivity index (χ1n) is 9.71. The molecule has 148 valence electrons. The molecule has 1 aliphatic rings. The van der Waals surface area contributed by atoms with Crippen molar-refractivity contribution in [3.05, 3.63) is 29.7 Å². The SMILES string of the molecule is CCN(CCN1CCC(c2noc3cc(F)ccc23)CC1)C(=O)CC(C)O. The van der Waals surface area contributed by atoms with Crippen LogP contribution in [0.5, 0.6) is 0 Å².